The van der Waals surface area contributed by atoms with E-state index in [1.54, 1.807) is 6.92 Å². The second kappa shape index (κ2) is 14.0. The van der Waals surface area contributed by atoms with Gasteiger partial charge in [-0.2, -0.15) is 13.5 Å². The maximum Gasteiger partial charge on any atom is 0.337 e. The predicted octanol–water partition coefficient (Wildman–Crippen LogP) is 5.33. The number of anilines is 1. The van der Waals surface area contributed by atoms with E-state index in [1.807, 2.05) is 13.8 Å². The normalized spacial score (nSPS) is 9.85. The van der Waals surface area contributed by atoms with Gasteiger partial charge in [-0.3, -0.25) is 20.5 Å². The van der Waals surface area contributed by atoms with Crippen LogP contribution in [0.1, 0.15) is 74.9 Å². The summed E-state index contributed by atoms with van der Waals surface area (Å²) in [6.45, 7) is 9.56. The number of ether oxygens (including phenoxy) is 1. The third-order valence-corrected chi connectivity index (χ3v) is 4.60. The fourth-order valence-electron chi connectivity index (χ4n) is 2.89. The number of phenolic OH excluding ortho intramolecular Hbond substituents is 2. The lowest BCUT2D eigenvalue weighted by Gasteiger charge is -2.26. The number of Topliss-reactive ketones (excluding diaryl/α,β-unsaturated/α-hetero) is 1. The van der Waals surface area contributed by atoms with Crippen LogP contribution in [-0.2, 0) is 9.53 Å². The Morgan fingerprint density at radius 1 is 1.00 bits per heavy atom. The number of carbonyl (C=O) groups excluding carboxylic acids is 2. The largest absolute Gasteiger partial charge is 0.508 e. The summed E-state index contributed by atoms with van der Waals surface area (Å²) < 4.78 is 4.67. The van der Waals surface area contributed by atoms with Crippen molar-refractivity contribution in [1.29, 1.82) is 10.8 Å². The van der Waals surface area contributed by atoms with Crippen LogP contribution in [0.5, 0.6) is 11.5 Å². The number of benzene rings is 2. The predicted molar refractivity (Wildman–Crippen MR) is 140 cm³/mol. The molecule has 0 amide bonds. The zero-order valence-electron chi connectivity index (χ0n) is 20.5. The molecule has 2 rings (SSSR count). The summed E-state index contributed by atoms with van der Waals surface area (Å²) >= 11 is 0. The Morgan fingerprint density at radius 3 is 1.97 bits per heavy atom. The van der Waals surface area contributed by atoms with Crippen molar-refractivity contribution in [3.8, 4) is 11.5 Å². The molecule has 0 aromatic heterocycles. The van der Waals surface area contributed by atoms with Gasteiger partial charge in [-0.15, -0.1) is 0 Å². The molecule has 0 aliphatic rings. The molecule has 0 fully saturated rings. The number of esters is 1. The SMILES string of the molecule is CCC.CCC(=O)C(=N)N(C(=N)c1cc(C(C)C)c(O)cc1O)c1ccc(C(=O)OC)cc1.S. The van der Waals surface area contributed by atoms with E-state index in [9.17, 15) is 19.8 Å². The van der Waals surface area contributed by atoms with Crippen molar-refractivity contribution in [3.05, 3.63) is 53.1 Å². The van der Waals surface area contributed by atoms with Crippen LogP contribution in [0.2, 0.25) is 0 Å². The number of phenols is 2. The van der Waals surface area contributed by atoms with Crippen molar-refractivity contribution in [3.63, 3.8) is 0 Å². The van der Waals surface area contributed by atoms with Crippen molar-refractivity contribution < 1.29 is 24.5 Å². The van der Waals surface area contributed by atoms with Gasteiger partial charge in [0, 0.05) is 18.2 Å². The monoisotopic (exact) mass is 489 g/mol. The van der Waals surface area contributed by atoms with Crippen LogP contribution in [-0.4, -0.2) is 40.7 Å². The van der Waals surface area contributed by atoms with E-state index in [0.29, 0.717) is 5.56 Å². The third kappa shape index (κ3) is 7.34. The van der Waals surface area contributed by atoms with Gasteiger partial charge in [-0.05, 0) is 41.8 Å². The number of nitrogens with one attached hydrogen (secondary N) is 2. The van der Waals surface area contributed by atoms with Gasteiger partial charge in [0.05, 0.1) is 18.2 Å². The molecule has 2 aromatic rings. The fraction of sp³-hybridized carbons (Fsp3) is 0.360. The highest BCUT2D eigenvalue weighted by atomic mass is 32.1. The summed E-state index contributed by atoms with van der Waals surface area (Å²) in [4.78, 5) is 25.0. The van der Waals surface area contributed by atoms with Gasteiger partial charge in [-0.1, -0.05) is 41.0 Å². The maximum absolute atomic E-state index is 12.3. The van der Waals surface area contributed by atoms with Gasteiger partial charge < -0.3 is 14.9 Å². The Kier molecular flexibility index (Phi) is 12.7. The number of hydrogen-bond acceptors (Lipinski definition) is 7. The Labute approximate surface area is 208 Å². The first kappa shape index (κ1) is 30.7. The van der Waals surface area contributed by atoms with Crippen LogP contribution < -0.4 is 4.90 Å². The van der Waals surface area contributed by atoms with Crippen molar-refractivity contribution in [2.24, 2.45) is 0 Å². The Bertz CT molecular complexity index is 1020. The number of aromatic hydroxyl groups is 2. The van der Waals surface area contributed by atoms with Crippen LogP contribution >= 0.6 is 13.5 Å². The third-order valence-electron chi connectivity index (χ3n) is 4.60. The highest BCUT2D eigenvalue weighted by Gasteiger charge is 2.26. The lowest BCUT2D eigenvalue weighted by atomic mass is 9.98. The summed E-state index contributed by atoms with van der Waals surface area (Å²) in [6.07, 6.45) is 1.31. The molecule has 0 heterocycles. The number of carbonyl (C=O) groups is 2. The molecule has 0 saturated carbocycles. The second-order valence-electron chi connectivity index (χ2n) is 7.64. The Balaban J connectivity index is 0.00000258. The molecule has 4 N–H and O–H groups in total. The lowest BCUT2D eigenvalue weighted by molar-refractivity contribution is -0.112. The van der Waals surface area contributed by atoms with Crippen molar-refractivity contribution in [2.45, 2.75) is 53.4 Å². The van der Waals surface area contributed by atoms with E-state index in [0.717, 1.165) is 11.0 Å². The van der Waals surface area contributed by atoms with Crippen LogP contribution in [0.3, 0.4) is 0 Å². The molecule has 0 saturated heterocycles. The van der Waals surface area contributed by atoms with Crippen LogP contribution in [0.25, 0.3) is 0 Å². The summed E-state index contributed by atoms with van der Waals surface area (Å²) in [7, 11) is 1.26. The molecular weight excluding hydrogens is 454 g/mol. The number of ketones is 1. The van der Waals surface area contributed by atoms with Gasteiger partial charge in [0.1, 0.15) is 17.3 Å². The average molecular weight is 490 g/mol. The smallest absolute Gasteiger partial charge is 0.337 e. The molecule has 0 bridgehead atoms. The number of rotatable bonds is 6. The Hall–Kier alpha value is -3.33. The topological polar surface area (TPSA) is 135 Å². The highest BCUT2D eigenvalue weighted by Crippen LogP contribution is 2.33. The van der Waals surface area contributed by atoms with Crippen molar-refractivity contribution >= 4 is 42.6 Å². The maximum atomic E-state index is 12.3. The summed E-state index contributed by atoms with van der Waals surface area (Å²) in [6, 6.07) is 8.50. The molecule has 0 unspecified atom stereocenters. The van der Waals surface area contributed by atoms with Crippen molar-refractivity contribution in [2.75, 3.05) is 12.0 Å². The van der Waals surface area contributed by atoms with Crippen molar-refractivity contribution in [1.82, 2.24) is 0 Å². The van der Waals surface area contributed by atoms with Crippen LogP contribution in [0, 0.1) is 10.8 Å². The fourth-order valence-corrected chi connectivity index (χ4v) is 2.89. The second-order valence-corrected chi connectivity index (χ2v) is 7.64. The Morgan fingerprint density at radius 2 is 1.53 bits per heavy atom. The number of methoxy groups -OCH3 is 1. The summed E-state index contributed by atoms with van der Waals surface area (Å²) in [5, 5.41) is 37.4. The minimum atomic E-state index is -0.541. The number of nitrogens with zero attached hydrogens (tertiary/aromatic N) is 1. The lowest BCUT2D eigenvalue weighted by Crippen LogP contribution is -2.41. The molecule has 186 valence electrons. The first-order valence-electron chi connectivity index (χ1n) is 10.8. The first-order chi connectivity index (χ1) is 15.5. The molecule has 0 aliphatic heterocycles. The molecular formula is C25H35N3O5S. The zero-order chi connectivity index (χ0) is 25.3. The average Bonchev–Trinajstić information content (AvgIpc) is 2.78. The molecule has 0 aliphatic carbocycles. The number of amidine groups is 2. The van der Waals surface area contributed by atoms with Gasteiger partial charge in [0.15, 0.2) is 11.6 Å². The van der Waals surface area contributed by atoms with E-state index < -0.39 is 17.6 Å². The molecule has 0 spiro atoms. The van der Waals surface area contributed by atoms with E-state index in [1.165, 1.54) is 43.9 Å². The first-order valence-corrected chi connectivity index (χ1v) is 10.8. The van der Waals surface area contributed by atoms with E-state index >= 15 is 0 Å². The molecule has 8 nitrogen and oxygen atoms in total. The molecule has 0 radical (unpaired) electrons. The van der Waals surface area contributed by atoms with E-state index in [-0.39, 0.29) is 60.0 Å². The van der Waals surface area contributed by atoms with Gasteiger partial charge in [0.2, 0.25) is 0 Å². The van der Waals surface area contributed by atoms with E-state index in [2.05, 4.69) is 18.6 Å². The molecule has 34 heavy (non-hydrogen) atoms. The quantitative estimate of drug-likeness (QED) is 0.246. The summed E-state index contributed by atoms with van der Waals surface area (Å²) in [5.74, 6) is -2.34. The number of hydrogen-bond donors (Lipinski definition) is 4. The van der Waals surface area contributed by atoms with Crippen LogP contribution in [0.4, 0.5) is 5.69 Å². The van der Waals surface area contributed by atoms with Gasteiger partial charge in [-0.25, -0.2) is 4.79 Å². The zero-order valence-corrected chi connectivity index (χ0v) is 21.5. The van der Waals surface area contributed by atoms with Crippen LogP contribution in [0.15, 0.2) is 36.4 Å². The minimum Gasteiger partial charge on any atom is -0.508 e. The van der Waals surface area contributed by atoms with Gasteiger partial charge in [0.25, 0.3) is 0 Å². The molecule has 2 aromatic carbocycles. The summed E-state index contributed by atoms with van der Waals surface area (Å²) in [5.41, 5.74) is 1.14. The molecule has 9 heteroatoms. The van der Waals surface area contributed by atoms with E-state index in [4.69, 9.17) is 10.8 Å². The standard InChI is InChI=1S/C22H25N3O5.C3H8.H2S/c1-5-17(26)21(24)25(14-8-6-13(7-9-14)22(29)30-4)20(23)16-10-15(12(2)3)18(27)11-19(16)28;1-3-2;/h6-12,23-24,27-28H,5H2,1-4H3;3H2,1-2H3;1H2. The van der Waals surface area contributed by atoms with Gasteiger partial charge >= 0.3 is 5.97 Å². The minimum absolute atomic E-state index is 0. The highest BCUT2D eigenvalue weighted by molar-refractivity contribution is 7.59. The molecule has 0 atom stereocenters.